The second kappa shape index (κ2) is 6.11. The third-order valence-corrected chi connectivity index (χ3v) is 4.70. The van der Waals surface area contributed by atoms with E-state index in [1.165, 1.54) is 5.56 Å². The maximum absolute atomic E-state index is 12.8. The predicted molar refractivity (Wildman–Crippen MR) is 87.3 cm³/mol. The molecule has 0 aliphatic carbocycles. The van der Waals surface area contributed by atoms with Gasteiger partial charge in [-0.2, -0.15) is 0 Å². The van der Waals surface area contributed by atoms with Crippen LogP contribution in [0, 0.1) is 5.92 Å². The number of hydrogen-bond donors (Lipinski definition) is 1. The van der Waals surface area contributed by atoms with E-state index in [2.05, 4.69) is 26.0 Å². The van der Waals surface area contributed by atoms with Crippen LogP contribution in [0.1, 0.15) is 45.2 Å². The summed E-state index contributed by atoms with van der Waals surface area (Å²) in [6, 6.07) is 7.76. The molecule has 1 aliphatic heterocycles. The Bertz CT molecular complexity index is 565. The number of carbonyl (C=O) groups excluding carboxylic acids is 2. The number of likely N-dealkylation sites (tertiary alicyclic amines) is 1. The van der Waals surface area contributed by atoms with Gasteiger partial charge in [-0.3, -0.25) is 9.59 Å². The normalized spacial score (nSPS) is 23.1. The first kappa shape index (κ1) is 16.5. The predicted octanol–water partition coefficient (Wildman–Crippen LogP) is 2.25. The van der Waals surface area contributed by atoms with Crippen molar-refractivity contribution < 1.29 is 9.59 Å². The molecule has 2 atom stereocenters. The van der Waals surface area contributed by atoms with Gasteiger partial charge in [0.2, 0.25) is 11.8 Å². The molecule has 4 heteroatoms. The van der Waals surface area contributed by atoms with E-state index in [0.29, 0.717) is 18.9 Å². The molecule has 0 radical (unpaired) electrons. The summed E-state index contributed by atoms with van der Waals surface area (Å²) >= 11 is 0. The average molecular weight is 302 g/mol. The van der Waals surface area contributed by atoms with Gasteiger partial charge in [0, 0.05) is 6.54 Å². The van der Waals surface area contributed by atoms with Gasteiger partial charge in [0.05, 0.1) is 5.41 Å². The summed E-state index contributed by atoms with van der Waals surface area (Å²) in [5.41, 5.74) is 7.09. The number of benzene rings is 1. The molecular formula is C18H26N2O2. The fraction of sp³-hybridized carbons (Fsp3) is 0.556. The summed E-state index contributed by atoms with van der Waals surface area (Å²) in [4.78, 5) is 25.7. The van der Waals surface area contributed by atoms with Gasteiger partial charge in [0.1, 0.15) is 6.04 Å². The maximum atomic E-state index is 12.8. The van der Waals surface area contributed by atoms with E-state index in [1.54, 1.807) is 11.8 Å². The van der Waals surface area contributed by atoms with Gasteiger partial charge in [-0.1, -0.05) is 38.1 Å². The van der Waals surface area contributed by atoms with Crippen LogP contribution >= 0.6 is 0 Å². The monoisotopic (exact) mass is 302 g/mol. The fourth-order valence-electron chi connectivity index (χ4n) is 3.14. The molecule has 2 rings (SSSR count). The van der Waals surface area contributed by atoms with E-state index in [4.69, 9.17) is 5.73 Å². The van der Waals surface area contributed by atoms with Gasteiger partial charge in [-0.05, 0) is 43.7 Å². The van der Waals surface area contributed by atoms with Crippen molar-refractivity contribution in [1.82, 2.24) is 4.90 Å². The molecule has 22 heavy (non-hydrogen) atoms. The average Bonchev–Trinajstić information content (AvgIpc) is 2.75. The Balaban J connectivity index is 2.21. The van der Waals surface area contributed by atoms with Gasteiger partial charge < -0.3 is 10.6 Å². The molecule has 2 amide bonds. The lowest BCUT2D eigenvalue weighted by molar-refractivity contribution is -0.138. The second-order valence-electron chi connectivity index (χ2n) is 6.95. The number of amides is 2. The van der Waals surface area contributed by atoms with Crippen LogP contribution in [0.3, 0.4) is 0 Å². The molecule has 1 saturated heterocycles. The molecule has 120 valence electrons. The first-order chi connectivity index (χ1) is 10.3. The first-order valence-corrected chi connectivity index (χ1v) is 7.95. The van der Waals surface area contributed by atoms with Crippen molar-refractivity contribution in [2.24, 2.45) is 11.7 Å². The third-order valence-electron chi connectivity index (χ3n) is 4.70. The number of rotatable bonds is 5. The number of carbonyl (C=O) groups is 2. The number of primary amides is 1. The molecule has 1 aliphatic rings. The third kappa shape index (κ3) is 3.01. The van der Waals surface area contributed by atoms with E-state index < -0.39 is 17.4 Å². The van der Waals surface area contributed by atoms with Crippen LogP contribution in [-0.2, 0) is 21.4 Å². The van der Waals surface area contributed by atoms with Crippen molar-refractivity contribution in [1.29, 1.82) is 0 Å². The van der Waals surface area contributed by atoms with Crippen LogP contribution in [0.4, 0.5) is 0 Å². The van der Waals surface area contributed by atoms with Crippen molar-refractivity contribution >= 4 is 11.8 Å². The van der Waals surface area contributed by atoms with Crippen molar-refractivity contribution in [3.63, 3.8) is 0 Å². The molecule has 1 fully saturated rings. The number of hydrogen-bond acceptors (Lipinski definition) is 2. The zero-order valence-electron chi connectivity index (χ0n) is 13.9. The summed E-state index contributed by atoms with van der Waals surface area (Å²) in [6.07, 6.45) is 1.75. The lowest BCUT2D eigenvalue weighted by Gasteiger charge is -2.26. The van der Waals surface area contributed by atoms with E-state index >= 15 is 0 Å². The fourth-order valence-corrected chi connectivity index (χ4v) is 3.14. The first-order valence-electron chi connectivity index (χ1n) is 7.95. The van der Waals surface area contributed by atoms with E-state index in [0.717, 1.165) is 12.0 Å². The smallest absolute Gasteiger partial charge is 0.239 e. The van der Waals surface area contributed by atoms with Gasteiger partial charge in [0.15, 0.2) is 0 Å². The Morgan fingerprint density at radius 2 is 1.86 bits per heavy atom. The van der Waals surface area contributed by atoms with E-state index in [-0.39, 0.29) is 5.91 Å². The summed E-state index contributed by atoms with van der Waals surface area (Å²) in [5, 5.41) is 0. The molecular weight excluding hydrogens is 276 g/mol. The topological polar surface area (TPSA) is 63.4 Å². The zero-order valence-corrected chi connectivity index (χ0v) is 13.9. The van der Waals surface area contributed by atoms with Gasteiger partial charge in [-0.15, -0.1) is 0 Å². The van der Waals surface area contributed by atoms with Crippen molar-refractivity contribution in [3.05, 3.63) is 35.4 Å². The highest BCUT2D eigenvalue weighted by Crippen LogP contribution is 2.36. The SMILES string of the molecule is CC(C)Cc1ccc(C2(C)CCN(C(C)C(N)=O)C2=O)cc1. The summed E-state index contributed by atoms with van der Waals surface area (Å²) in [7, 11) is 0. The summed E-state index contributed by atoms with van der Waals surface area (Å²) < 4.78 is 0. The molecule has 1 heterocycles. The van der Waals surface area contributed by atoms with Crippen LogP contribution < -0.4 is 5.73 Å². The van der Waals surface area contributed by atoms with Crippen LogP contribution in [0.25, 0.3) is 0 Å². The van der Waals surface area contributed by atoms with Gasteiger partial charge in [0.25, 0.3) is 0 Å². The molecule has 0 saturated carbocycles. The minimum atomic E-state index is -0.555. The minimum Gasteiger partial charge on any atom is -0.368 e. The Hall–Kier alpha value is -1.84. The molecule has 0 aromatic heterocycles. The Labute approximate surface area is 132 Å². The highest BCUT2D eigenvalue weighted by atomic mass is 16.2. The van der Waals surface area contributed by atoms with E-state index in [1.807, 2.05) is 19.1 Å². The second-order valence-corrected chi connectivity index (χ2v) is 6.95. The molecule has 4 nitrogen and oxygen atoms in total. The molecule has 1 aromatic carbocycles. The minimum absolute atomic E-state index is 0.00425. The Morgan fingerprint density at radius 1 is 1.27 bits per heavy atom. The van der Waals surface area contributed by atoms with E-state index in [9.17, 15) is 9.59 Å². The number of nitrogens with two attached hydrogens (primary N) is 1. The molecule has 0 bridgehead atoms. The largest absolute Gasteiger partial charge is 0.368 e. The summed E-state index contributed by atoms with van der Waals surface area (Å²) in [5.74, 6) is 0.154. The molecule has 1 aromatic rings. The number of nitrogens with zero attached hydrogens (tertiary/aromatic N) is 1. The highest BCUT2D eigenvalue weighted by molar-refractivity contribution is 5.94. The molecule has 2 unspecified atom stereocenters. The van der Waals surface area contributed by atoms with Crippen LogP contribution in [0.15, 0.2) is 24.3 Å². The molecule has 2 N–H and O–H groups in total. The van der Waals surface area contributed by atoms with Crippen molar-refractivity contribution in [2.75, 3.05) is 6.54 Å². The Kier molecular flexibility index (Phi) is 4.59. The standard InChI is InChI=1S/C18H26N2O2/c1-12(2)11-14-5-7-15(8-6-14)18(4)9-10-20(17(18)22)13(3)16(19)21/h5-8,12-13H,9-11H2,1-4H3,(H2,19,21). The van der Waals surface area contributed by atoms with Crippen LogP contribution in [-0.4, -0.2) is 29.3 Å². The van der Waals surface area contributed by atoms with Gasteiger partial charge in [-0.25, -0.2) is 0 Å². The van der Waals surface area contributed by atoms with Crippen LogP contribution in [0.2, 0.25) is 0 Å². The lowest BCUT2D eigenvalue weighted by Crippen LogP contribution is -2.46. The van der Waals surface area contributed by atoms with Crippen LogP contribution in [0.5, 0.6) is 0 Å². The molecule has 0 spiro atoms. The van der Waals surface area contributed by atoms with Crippen molar-refractivity contribution in [2.45, 2.75) is 52.0 Å². The lowest BCUT2D eigenvalue weighted by atomic mass is 9.80. The van der Waals surface area contributed by atoms with Gasteiger partial charge >= 0.3 is 0 Å². The van der Waals surface area contributed by atoms with Crippen molar-refractivity contribution in [3.8, 4) is 0 Å². The zero-order chi connectivity index (χ0) is 16.5. The highest BCUT2D eigenvalue weighted by Gasteiger charge is 2.46. The maximum Gasteiger partial charge on any atom is 0.239 e. The Morgan fingerprint density at radius 3 is 2.36 bits per heavy atom. The summed E-state index contributed by atoms with van der Waals surface area (Å²) in [6.45, 7) is 8.61. The quantitative estimate of drug-likeness (QED) is 0.906.